The van der Waals surface area contributed by atoms with Crippen LogP contribution in [-0.2, 0) is 4.74 Å². The molecule has 134 valence electrons. The Morgan fingerprint density at radius 1 is 1.24 bits per heavy atom. The standard InChI is InChI=1S/C17H21ClN4O3/c1-17(2,3)25-16(24)22-8-6-21(7-9-22)15-19-13-5-4-11(18)10-12(13)14(23)20-15/h4-5,10H,6-9H2,1-3H3,(H,19,20,23). The maximum atomic E-state index is 12.3. The second-order valence-electron chi connectivity index (χ2n) is 7.01. The fourth-order valence-electron chi connectivity index (χ4n) is 2.68. The average molecular weight is 365 g/mol. The van der Waals surface area contributed by atoms with Gasteiger partial charge in [-0.05, 0) is 39.0 Å². The molecule has 2 aromatic rings. The first kappa shape index (κ1) is 17.5. The minimum atomic E-state index is -0.513. The molecule has 1 aromatic heterocycles. The molecule has 0 saturated carbocycles. The highest BCUT2D eigenvalue weighted by Crippen LogP contribution is 2.18. The van der Waals surface area contributed by atoms with Gasteiger partial charge < -0.3 is 14.5 Å². The number of fused-ring (bicyclic) bond motifs is 1. The smallest absolute Gasteiger partial charge is 0.410 e. The first-order chi connectivity index (χ1) is 11.7. The predicted molar refractivity (Wildman–Crippen MR) is 97.4 cm³/mol. The Morgan fingerprint density at radius 3 is 2.56 bits per heavy atom. The molecule has 1 aliphatic rings. The lowest BCUT2D eigenvalue weighted by Crippen LogP contribution is -2.50. The van der Waals surface area contributed by atoms with Crippen molar-refractivity contribution in [2.24, 2.45) is 0 Å². The van der Waals surface area contributed by atoms with Crippen molar-refractivity contribution in [1.29, 1.82) is 0 Å². The van der Waals surface area contributed by atoms with Gasteiger partial charge in [-0.15, -0.1) is 0 Å². The molecule has 1 fully saturated rings. The number of nitrogens with one attached hydrogen (secondary N) is 1. The molecular weight excluding hydrogens is 344 g/mol. The first-order valence-corrected chi connectivity index (χ1v) is 8.53. The Morgan fingerprint density at radius 2 is 1.92 bits per heavy atom. The molecule has 25 heavy (non-hydrogen) atoms. The number of halogens is 1. The van der Waals surface area contributed by atoms with Gasteiger partial charge in [0, 0.05) is 31.2 Å². The van der Waals surface area contributed by atoms with E-state index in [1.54, 1.807) is 23.1 Å². The third kappa shape index (κ3) is 4.04. The summed E-state index contributed by atoms with van der Waals surface area (Å²) < 4.78 is 5.39. The van der Waals surface area contributed by atoms with Crippen LogP contribution in [0.15, 0.2) is 23.0 Å². The number of rotatable bonds is 1. The number of benzene rings is 1. The monoisotopic (exact) mass is 364 g/mol. The molecule has 0 unspecified atom stereocenters. The molecule has 7 nitrogen and oxygen atoms in total. The molecule has 0 bridgehead atoms. The topological polar surface area (TPSA) is 78.5 Å². The summed E-state index contributed by atoms with van der Waals surface area (Å²) in [6.45, 7) is 7.70. The molecule has 2 heterocycles. The molecule has 0 spiro atoms. The number of hydrogen-bond acceptors (Lipinski definition) is 5. The van der Waals surface area contributed by atoms with Gasteiger partial charge in [-0.1, -0.05) is 11.6 Å². The fraction of sp³-hybridized carbons (Fsp3) is 0.471. The summed E-state index contributed by atoms with van der Waals surface area (Å²) in [7, 11) is 0. The number of nitrogens with zero attached hydrogens (tertiary/aromatic N) is 3. The van der Waals surface area contributed by atoms with E-state index >= 15 is 0 Å². The summed E-state index contributed by atoms with van der Waals surface area (Å²) in [4.78, 5) is 35.3. The van der Waals surface area contributed by atoms with Crippen LogP contribution in [0.5, 0.6) is 0 Å². The van der Waals surface area contributed by atoms with E-state index in [1.807, 2.05) is 25.7 Å². The summed E-state index contributed by atoms with van der Waals surface area (Å²) in [6, 6.07) is 5.04. The van der Waals surface area contributed by atoms with Crippen LogP contribution in [-0.4, -0.2) is 52.7 Å². The minimum Gasteiger partial charge on any atom is -0.444 e. The van der Waals surface area contributed by atoms with Gasteiger partial charge in [0.05, 0.1) is 10.9 Å². The second-order valence-corrected chi connectivity index (χ2v) is 7.44. The van der Waals surface area contributed by atoms with Crippen molar-refractivity contribution in [3.8, 4) is 0 Å². The fourth-order valence-corrected chi connectivity index (χ4v) is 2.85. The molecule has 0 aliphatic carbocycles. The normalized spacial score (nSPS) is 15.5. The summed E-state index contributed by atoms with van der Waals surface area (Å²) in [5, 5.41) is 0.960. The van der Waals surface area contributed by atoms with Gasteiger partial charge in [0.15, 0.2) is 0 Å². The molecule has 8 heteroatoms. The van der Waals surface area contributed by atoms with Crippen molar-refractivity contribution in [2.75, 3.05) is 31.1 Å². The molecule has 3 rings (SSSR count). The number of carbonyl (C=O) groups is 1. The number of aromatic amines is 1. The highest BCUT2D eigenvalue weighted by molar-refractivity contribution is 6.31. The van der Waals surface area contributed by atoms with Gasteiger partial charge in [0.2, 0.25) is 5.95 Å². The van der Waals surface area contributed by atoms with Crippen molar-refractivity contribution < 1.29 is 9.53 Å². The molecular formula is C17H21ClN4O3. The van der Waals surface area contributed by atoms with E-state index in [2.05, 4.69) is 9.97 Å². The Labute approximate surface area is 150 Å². The van der Waals surface area contributed by atoms with Gasteiger partial charge in [-0.25, -0.2) is 9.78 Å². The predicted octanol–water partition coefficient (Wildman–Crippen LogP) is 2.63. The number of H-pyrrole nitrogens is 1. The van der Waals surface area contributed by atoms with E-state index in [0.717, 1.165) is 0 Å². The van der Waals surface area contributed by atoms with Crippen LogP contribution in [0.3, 0.4) is 0 Å². The summed E-state index contributed by atoms with van der Waals surface area (Å²) in [6.07, 6.45) is -0.318. The zero-order valence-corrected chi connectivity index (χ0v) is 15.3. The largest absolute Gasteiger partial charge is 0.444 e. The average Bonchev–Trinajstić information content (AvgIpc) is 2.54. The molecule has 1 N–H and O–H groups in total. The van der Waals surface area contributed by atoms with E-state index in [-0.39, 0.29) is 11.7 Å². The number of aromatic nitrogens is 2. The van der Waals surface area contributed by atoms with Crippen molar-refractivity contribution >= 4 is 34.5 Å². The van der Waals surface area contributed by atoms with Gasteiger partial charge in [0.25, 0.3) is 5.56 Å². The number of anilines is 1. The molecule has 1 aromatic carbocycles. The molecule has 0 atom stereocenters. The van der Waals surface area contributed by atoms with E-state index in [9.17, 15) is 9.59 Å². The summed E-state index contributed by atoms with van der Waals surface area (Å²) in [5.41, 5.74) is -0.143. The molecule has 1 amide bonds. The number of carbonyl (C=O) groups excluding carboxylic acids is 1. The molecule has 1 saturated heterocycles. The minimum absolute atomic E-state index is 0.225. The summed E-state index contributed by atoms with van der Waals surface area (Å²) >= 11 is 5.93. The van der Waals surface area contributed by atoms with Gasteiger partial charge in [0.1, 0.15) is 5.60 Å². The molecule has 1 aliphatic heterocycles. The van der Waals surface area contributed by atoms with Crippen molar-refractivity contribution in [1.82, 2.24) is 14.9 Å². The summed E-state index contributed by atoms with van der Waals surface area (Å²) in [5.74, 6) is 0.503. The van der Waals surface area contributed by atoms with Crippen molar-refractivity contribution in [3.05, 3.63) is 33.6 Å². The second kappa shape index (κ2) is 6.55. The zero-order valence-electron chi connectivity index (χ0n) is 14.5. The van der Waals surface area contributed by atoms with Crippen LogP contribution >= 0.6 is 11.6 Å². The van der Waals surface area contributed by atoms with Crippen molar-refractivity contribution in [2.45, 2.75) is 26.4 Å². The maximum Gasteiger partial charge on any atom is 0.410 e. The van der Waals surface area contributed by atoms with Crippen LogP contribution in [0.25, 0.3) is 10.9 Å². The lowest BCUT2D eigenvalue weighted by molar-refractivity contribution is 0.0240. The third-order valence-electron chi connectivity index (χ3n) is 3.89. The highest BCUT2D eigenvalue weighted by atomic mass is 35.5. The van der Waals surface area contributed by atoms with Crippen LogP contribution in [0.2, 0.25) is 5.02 Å². The van der Waals surface area contributed by atoms with Crippen molar-refractivity contribution in [3.63, 3.8) is 0 Å². The Bertz CT molecular complexity index is 851. The van der Waals surface area contributed by atoms with E-state index in [4.69, 9.17) is 16.3 Å². The van der Waals surface area contributed by atoms with Crippen LogP contribution in [0.4, 0.5) is 10.7 Å². The maximum absolute atomic E-state index is 12.3. The first-order valence-electron chi connectivity index (χ1n) is 8.15. The lowest BCUT2D eigenvalue weighted by Gasteiger charge is -2.35. The van der Waals surface area contributed by atoms with Crippen LogP contribution in [0.1, 0.15) is 20.8 Å². The molecule has 0 radical (unpaired) electrons. The van der Waals surface area contributed by atoms with Gasteiger partial charge in [-0.3, -0.25) is 9.78 Å². The van der Waals surface area contributed by atoms with E-state index in [1.165, 1.54) is 0 Å². The van der Waals surface area contributed by atoms with Gasteiger partial charge in [-0.2, -0.15) is 0 Å². The number of piperazine rings is 1. The lowest BCUT2D eigenvalue weighted by atomic mass is 10.2. The van der Waals surface area contributed by atoms with Crippen LogP contribution < -0.4 is 10.5 Å². The third-order valence-corrected chi connectivity index (χ3v) is 4.12. The Balaban J connectivity index is 1.73. The van der Waals surface area contributed by atoms with E-state index in [0.29, 0.717) is 48.1 Å². The highest BCUT2D eigenvalue weighted by Gasteiger charge is 2.26. The quantitative estimate of drug-likeness (QED) is 0.841. The van der Waals surface area contributed by atoms with Crippen LogP contribution in [0, 0.1) is 0 Å². The SMILES string of the molecule is CC(C)(C)OC(=O)N1CCN(c2nc3ccc(Cl)cc3c(=O)[nH]2)CC1. The number of hydrogen-bond donors (Lipinski definition) is 1. The Hall–Kier alpha value is -2.28. The van der Waals surface area contributed by atoms with Gasteiger partial charge >= 0.3 is 6.09 Å². The number of ether oxygens (including phenoxy) is 1. The Kier molecular flexibility index (Phi) is 4.60. The zero-order chi connectivity index (χ0) is 18.2. The van der Waals surface area contributed by atoms with E-state index < -0.39 is 5.60 Å². The number of amides is 1.